The van der Waals surface area contributed by atoms with Crippen LogP contribution in [0.5, 0.6) is 0 Å². The van der Waals surface area contributed by atoms with Crippen LogP contribution in [0.4, 0.5) is 39.8 Å². The summed E-state index contributed by atoms with van der Waals surface area (Å²) >= 11 is 0. The molecule has 0 spiro atoms. The molecule has 4 atom stereocenters. The van der Waals surface area contributed by atoms with Gasteiger partial charge in [0.05, 0.1) is 33.6 Å². The van der Waals surface area contributed by atoms with E-state index in [1.807, 2.05) is 0 Å². The molecule has 0 saturated heterocycles. The highest BCUT2D eigenvalue weighted by atomic mass is 15.3. The highest BCUT2D eigenvalue weighted by Gasteiger charge is 2.65. The Morgan fingerprint density at radius 3 is 1.30 bits per heavy atom. The van der Waals surface area contributed by atoms with E-state index in [0.717, 1.165) is 0 Å². The van der Waals surface area contributed by atoms with Gasteiger partial charge in [0.25, 0.3) is 6.71 Å². The lowest BCUT2D eigenvalue weighted by molar-refractivity contribution is 0.194. The van der Waals surface area contributed by atoms with Gasteiger partial charge in [-0.25, -0.2) is 0 Å². The molecule has 2 saturated carbocycles. The summed E-state index contributed by atoms with van der Waals surface area (Å²) in [6.45, 7) is 10.6. The first-order valence-electron chi connectivity index (χ1n) is 23.9. The molecule has 0 N–H and O–H groups in total. The molecule has 63 heavy (non-hydrogen) atoms. The maximum absolute atomic E-state index is 2.92. The van der Waals surface area contributed by atoms with Crippen molar-refractivity contribution in [2.45, 2.75) is 106 Å². The van der Waals surface area contributed by atoms with Crippen molar-refractivity contribution in [3.05, 3.63) is 191 Å². The SMILES string of the molecule is CC12CCCCC1(C)N1c3cc(N4c5ccccc5C(c5ccccc5)(c5ccccc5)c5ccccc54)cc4c3B(c3cccc2c31)c1cccc2c1N4C1(C)CCCCC21C. The van der Waals surface area contributed by atoms with Crippen LogP contribution in [0.25, 0.3) is 0 Å². The summed E-state index contributed by atoms with van der Waals surface area (Å²) in [7, 11) is 0. The van der Waals surface area contributed by atoms with Gasteiger partial charge in [0.2, 0.25) is 0 Å². The normalized spacial score (nSPS) is 27.1. The fraction of sp³-hybridized carbons (Fsp3) is 0.288. The Bertz CT molecular complexity index is 2880. The van der Waals surface area contributed by atoms with Crippen LogP contribution in [0.2, 0.25) is 0 Å². The van der Waals surface area contributed by atoms with E-state index in [1.165, 1.54) is 130 Å². The highest BCUT2D eigenvalue weighted by molar-refractivity contribution is 7.00. The van der Waals surface area contributed by atoms with Crippen molar-refractivity contribution in [1.82, 2.24) is 0 Å². The molecular weight excluding hydrogens is 761 g/mol. The summed E-state index contributed by atoms with van der Waals surface area (Å²) in [5.41, 5.74) is 21.9. The molecule has 5 aliphatic heterocycles. The Labute approximate surface area is 373 Å². The van der Waals surface area contributed by atoms with E-state index in [4.69, 9.17) is 0 Å². The van der Waals surface area contributed by atoms with E-state index in [0.29, 0.717) is 0 Å². The third kappa shape index (κ3) is 4.08. The third-order valence-corrected chi connectivity index (χ3v) is 18.6. The van der Waals surface area contributed by atoms with Crippen LogP contribution < -0.4 is 31.1 Å². The van der Waals surface area contributed by atoms with E-state index < -0.39 is 5.41 Å². The second-order valence-electron chi connectivity index (χ2n) is 21.0. The fourth-order valence-electron chi connectivity index (χ4n) is 15.4. The van der Waals surface area contributed by atoms with Crippen LogP contribution in [0.1, 0.15) is 112 Å². The summed E-state index contributed by atoms with van der Waals surface area (Å²) in [5, 5.41) is 0. The summed E-state index contributed by atoms with van der Waals surface area (Å²) in [4.78, 5) is 8.49. The Balaban J connectivity index is 1.11. The summed E-state index contributed by atoms with van der Waals surface area (Å²) in [5.74, 6) is 0. The van der Waals surface area contributed by atoms with Crippen LogP contribution in [0.15, 0.2) is 158 Å². The highest BCUT2D eigenvalue weighted by Crippen LogP contribution is 2.66. The minimum absolute atomic E-state index is 0.0507. The van der Waals surface area contributed by atoms with Crippen molar-refractivity contribution < 1.29 is 0 Å². The minimum Gasteiger partial charge on any atom is -0.335 e. The van der Waals surface area contributed by atoms with Crippen molar-refractivity contribution in [2.24, 2.45) is 0 Å². The number of para-hydroxylation sites is 4. The van der Waals surface area contributed by atoms with Crippen molar-refractivity contribution >= 4 is 62.9 Å². The van der Waals surface area contributed by atoms with Gasteiger partial charge < -0.3 is 14.7 Å². The van der Waals surface area contributed by atoms with Gasteiger partial charge in [0.1, 0.15) is 0 Å². The second kappa shape index (κ2) is 12.2. The molecule has 7 aromatic rings. The number of anilines is 7. The molecule has 0 radical (unpaired) electrons. The number of fused-ring (bicyclic) bond motifs is 12. The first kappa shape index (κ1) is 36.5. The van der Waals surface area contributed by atoms with Gasteiger partial charge in [0.15, 0.2) is 0 Å². The number of hydrogen-bond donors (Lipinski definition) is 0. The summed E-state index contributed by atoms with van der Waals surface area (Å²) in [6, 6.07) is 61.3. The zero-order chi connectivity index (χ0) is 42.1. The van der Waals surface area contributed by atoms with Gasteiger partial charge in [0, 0.05) is 33.6 Å². The van der Waals surface area contributed by atoms with Gasteiger partial charge in [-0.3, -0.25) is 0 Å². The lowest BCUT2D eigenvalue weighted by atomic mass is 9.33. The first-order valence-corrected chi connectivity index (χ1v) is 23.9. The van der Waals surface area contributed by atoms with Crippen LogP contribution in [-0.2, 0) is 16.2 Å². The molecule has 4 heteroatoms. The minimum atomic E-state index is -0.514. The predicted molar refractivity (Wildman–Crippen MR) is 263 cm³/mol. The fourth-order valence-corrected chi connectivity index (χ4v) is 15.4. The molecule has 2 aliphatic carbocycles. The van der Waals surface area contributed by atoms with Gasteiger partial charge in [-0.15, -0.1) is 0 Å². The van der Waals surface area contributed by atoms with Crippen LogP contribution in [0.3, 0.4) is 0 Å². The summed E-state index contributed by atoms with van der Waals surface area (Å²) < 4.78 is 0. The van der Waals surface area contributed by atoms with Crippen LogP contribution in [-0.4, -0.2) is 17.8 Å². The molecule has 2 fully saturated rings. The van der Waals surface area contributed by atoms with Gasteiger partial charge >= 0.3 is 0 Å². The van der Waals surface area contributed by atoms with E-state index in [2.05, 4.69) is 200 Å². The predicted octanol–water partition coefficient (Wildman–Crippen LogP) is 12.5. The number of nitrogens with zero attached hydrogens (tertiary/aromatic N) is 3. The maximum atomic E-state index is 2.92. The Hall–Kier alpha value is -6.00. The largest absolute Gasteiger partial charge is 0.335 e. The third-order valence-electron chi connectivity index (χ3n) is 18.6. The quantitative estimate of drug-likeness (QED) is 0.165. The Kier molecular flexibility index (Phi) is 7.05. The zero-order valence-electron chi connectivity index (χ0n) is 37.1. The maximum Gasteiger partial charge on any atom is 0.252 e. The smallest absolute Gasteiger partial charge is 0.252 e. The number of hydrogen-bond acceptors (Lipinski definition) is 3. The average molecular weight is 816 g/mol. The van der Waals surface area contributed by atoms with Gasteiger partial charge in [-0.2, -0.15) is 0 Å². The standard InChI is InChI=1S/C59H54BN3/c1-55-33-15-17-35-57(55,3)62-50-37-41(61-48-31-13-11-25-42(48)59(39-21-7-5-8-22-39,40-23-9-6-10-24-40)43-26-12-14-32-49(43)61)38-51-52(50)60(46-29-19-27-44(55)53(46)62)47-30-20-28-45-54(47)63(51)58(4)36-18-16-34-56(45,58)2/h5-14,19-32,37-38H,15-18,33-36H2,1-4H3. The second-order valence-corrected chi connectivity index (χ2v) is 21.0. The summed E-state index contributed by atoms with van der Waals surface area (Å²) in [6.07, 6.45) is 9.92. The topological polar surface area (TPSA) is 9.72 Å². The molecule has 7 aromatic carbocycles. The lowest BCUT2D eigenvalue weighted by Gasteiger charge is -2.55. The lowest BCUT2D eigenvalue weighted by Crippen LogP contribution is -2.66. The van der Waals surface area contributed by atoms with Crippen molar-refractivity contribution in [2.75, 3.05) is 14.7 Å². The van der Waals surface area contributed by atoms with E-state index in [1.54, 1.807) is 11.1 Å². The van der Waals surface area contributed by atoms with E-state index >= 15 is 0 Å². The molecule has 3 nitrogen and oxygen atoms in total. The molecule has 308 valence electrons. The molecule has 5 heterocycles. The Morgan fingerprint density at radius 2 is 0.825 bits per heavy atom. The zero-order valence-corrected chi connectivity index (χ0v) is 37.1. The molecule has 0 bridgehead atoms. The van der Waals surface area contributed by atoms with Crippen LogP contribution in [0, 0.1) is 0 Å². The number of rotatable bonds is 3. The molecule has 4 unspecified atom stereocenters. The van der Waals surface area contributed by atoms with E-state index in [9.17, 15) is 0 Å². The van der Waals surface area contributed by atoms with Crippen LogP contribution >= 0.6 is 0 Å². The Morgan fingerprint density at radius 1 is 0.413 bits per heavy atom. The van der Waals surface area contributed by atoms with Gasteiger partial charge in [-0.1, -0.05) is 173 Å². The van der Waals surface area contributed by atoms with E-state index in [-0.39, 0.29) is 28.6 Å². The van der Waals surface area contributed by atoms with Gasteiger partial charge in [-0.05, 0) is 114 Å². The molecule has 0 amide bonds. The average Bonchev–Trinajstić information content (AvgIpc) is 3.67. The molecular formula is C59H54BN3. The monoisotopic (exact) mass is 815 g/mol. The molecule has 7 aliphatic rings. The number of benzene rings is 7. The molecule has 0 aromatic heterocycles. The van der Waals surface area contributed by atoms with Crippen molar-refractivity contribution in [1.29, 1.82) is 0 Å². The van der Waals surface area contributed by atoms with Crippen molar-refractivity contribution in [3.8, 4) is 0 Å². The first-order chi connectivity index (χ1) is 30.8. The van der Waals surface area contributed by atoms with Crippen molar-refractivity contribution in [3.63, 3.8) is 0 Å². The molecule has 14 rings (SSSR count).